The van der Waals surface area contributed by atoms with Gasteiger partial charge in [-0.25, -0.2) is 4.39 Å². The minimum atomic E-state index is -0.447. The minimum Gasteiger partial charge on any atom is -0.323 e. The van der Waals surface area contributed by atoms with Crippen molar-refractivity contribution in [2.75, 3.05) is 18.4 Å². The predicted octanol–water partition coefficient (Wildman–Crippen LogP) is 3.82. The first kappa shape index (κ1) is 15.7. The Hall–Kier alpha value is -0.650. The fourth-order valence-electron chi connectivity index (χ4n) is 2.56. The Bertz CT molecular complexity index is 507. The number of halogens is 3. The molecule has 0 bridgehead atoms. The van der Waals surface area contributed by atoms with E-state index in [0.717, 1.165) is 13.0 Å². The molecule has 2 rings (SSSR count). The molecular weight excluding hydrogens is 347 g/mol. The van der Waals surface area contributed by atoms with Gasteiger partial charge < -0.3 is 10.6 Å². The van der Waals surface area contributed by atoms with Crippen LogP contribution < -0.4 is 10.6 Å². The first-order valence-electron chi connectivity index (χ1n) is 6.53. The summed E-state index contributed by atoms with van der Waals surface area (Å²) in [5, 5.41) is 6.27. The number of benzene rings is 1. The van der Waals surface area contributed by atoms with Crippen LogP contribution in [-0.2, 0) is 4.79 Å². The first-order valence-corrected chi connectivity index (χ1v) is 7.70. The highest BCUT2D eigenvalue weighted by molar-refractivity contribution is 9.10. The molecule has 1 fully saturated rings. The van der Waals surface area contributed by atoms with Crippen LogP contribution in [0.5, 0.6) is 0 Å². The molecule has 20 heavy (non-hydrogen) atoms. The summed E-state index contributed by atoms with van der Waals surface area (Å²) in [6.45, 7) is 5.54. The van der Waals surface area contributed by atoms with E-state index in [9.17, 15) is 9.18 Å². The van der Waals surface area contributed by atoms with Gasteiger partial charge in [0.25, 0.3) is 0 Å². The van der Waals surface area contributed by atoms with Crippen molar-refractivity contribution in [2.24, 2.45) is 11.3 Å². The highest BCUT2D eigenvalue weighted by Gasteiger charge is 2.44. The third-order valence-electron chi connectivity index (χ3n) is 3.99. The highest BCUT2D eigenvalue weighted by Crippen LogP contribution is 2.38. The topological polar surface area (TPSA) is 41.1 Å². The first-order chi connectivity index (χ1) is 9.36. The van der Waals surface area contributed by atoms with Gasteiger partial charge in [0.05, 0.1) is 16.1 Å². The predicted molar refractivity (Wildman–Crippen MR) is 82.5 cm³/mol. The molecule has 1 heterocycles. The van der Waals surface area contributed by atoms with Gasteiger partial charge in [-0.15, -0.1) is 0 Å². The maximum atomic E-state index is 13.2. The second-order valence-corrected chi connectivity index (χ2v) is 6.70. The van der Waals surface area contributed by atoms with Gasteiger partial charge in [0.1, 0.15) is 5.82 Å². The second-order valence-electron chi connectivity index (χ2n) is 5.44. The number of rotatable bonds is 3. The summed E-state index contributed by atoms with van der Waals surface area (Å²) in [6, 6.07) is 2.48. The number of hydrogen-bond acceptors (Lipinski definition) is 2. The monoisotopic (exact) mass is 362 g/mol. The maximum absolute atomic E-state index is 13.2. The largest absolute Gasteiger partial charge is 0.323 e. The van der Waals surface area contributed by atoms with E-state index in [2.05, 4.69) is 26.6 Å². The molecule has 0 aromatic heterocycles. The summed E-state index contributed by atoms with van der Waals surface area (Å²) in [5.74, 6) is -0.316. The lowest BCUT2D eigenvalue weighted by Crippen LogP contribution is -2.42. The lowest BCUT2D eigenvalue weighted by Gasteiger charge is -2.31. The van der Waals surface area contributed by atoms with Crippen LogP contribution in [0.4, 0.5) is 10.1 Å². The molecule has 1 aliphatic rings. The number of carbonyl (C=O) groups excluding carboxylic acids is 1. The Balaban J connectivity index is 2.28. The number of nitrogens with one attached hydrogen (secondary N) is 2. The van der Waals surface area contributed by atoms with Crippen molar-refractivity contribution in [1.29, 1.82) is 0 Å². The molecule has 0 saturated carbocycles. The number of hydrogen-bond donors (Lipinski definition) is 2. The SMILES string of the molecule is CC(C)C1(C(=O)Nc2c(Cl)cc(F)cc2Br)CCNC1. The third kappa shape index (κ3) is 2.85. The standard InChI is InChI=1S/C14H17BrClFN2O/c1-8(2)14(3-4-18-7-14)13(20)19-12-10(15)5-9(17)6-11(12)16/h5-6,8,18H,3-4,7H2,1-2H3,(H,19,20). The van der Waals surface area contributed by atoms with Crippen LogP contribution in [0.2, 0.25) is 5.02 Å². The third-order valence-corrected chi connectivity index (χ3v) is 4.91. The fraction of sp³-hybridized carbons (Fsp3) is 0.500. The van der Waals surface area contributed by atoms with Gasteiger partial charge in [0.2, 0.25) is 5.91 Å². The smallest absolute Gasteiger partial charge is 0.232 e. The van der Waals surface area contributed by atoms with Crippen LogP contribution in [-0.4, -0.2) is 19.0 Å². The molecule has 1 amide bonds. The molecule has 1 atom stereocenters. The van der Waals surface area contributed by atoms with Gasteiger partial charge >= 0.3 is 0 Å². The van der Waals surface area contributed by atoms with E-state index in [1.165, 1.54) is 12.1 Å². The lowest BCUT2D eigenvalue weighted by molar-refractivity contribution is -0.126. The summed E-state index contributed by atoms with van der Waals surface area (Å²) in [6.07, 6.45) is 0.785. The molecule has 110 valence electrons. The van der Waals surface area contributed by atoms with Gasteiger partial charge in [-0.3, -0.25) is 4.79 Å². The normalized spacial score (nSPS) is 22.3. The van der Waals surface area contributed by atoms with Crippen LogP contribution in [0.25, 0.3) is 0 Å². The van der Waals surface area contributed by atoms with E-state index in [4.69, 9.17) is 11.6 Å². The zero-order valence-corrected chi connectivity index (χ0v) is 13.7. The van der Waals surface area contributed by atoms with Gasteiger partial charge in [0.15, 0.2) is 0 Å². The van der Waals surface area contributed by atoms with Crippen LogP contribution in [0.15, 0.2) is 16.6 Å². The van der Waals surface area contributed by atoms with Crippen LogP contribution in [0, 0.1) is 17.2 Å². The molecule has 1 aromatic rings. The molecule has 1 saturated heterocycles. The summed E-state index contributed by atoms with van der Waals surface area (Å²) < 4.78 is 13.7. The van der Waals surface area contributed by atoms with E-state index in [1.54, 1.807) is 0 Å². The number of amides is 1. The van der Waals surface area contributed by atoms with Gasteiger partial charge in [-0.2, -0.15) is 0 Å². The fourth-order valence-corrected chi connectivity index (χ4v) is 3.46. The Morgan fingerprint density at radius 1 is 1.55 bits per heavy atom. The van der Waals surface area contributed by atoms with Crippen molar-refractivity contribution in [2.45, 2.75) is 20.3 Å². The molecular formula is C14H17BrClFN2O. The maximum Gasteiger partial charge on any atom is 0.232 e. The average molecular weight is 364 g/mol. The van der Waals surface area contributed by atoms with Crippen molar-refractivity contribution >= 4 is 39.1 Å². The molecule has 0 aliphatic carbocycles. The van der Waals surface area contributed by atoms with E-state index >= 15 is 0 Å². The van der Waals surface area contributed by atoms with E-state index in [0.29, 0.717) is 16.7 Å². The Morgan fingerprint density at radius 3 is 2.75 bits per heavy atom. The second kappa shape index (κ2) is 6.00. The molecule has 0 radical (unpaired) electrons. The quantitative estimate of drug-likeness (QED) is 0.857. The number of carbonyl (C=O) groups is 1. The van der Waals surface area contributed by atoms with Crippen molar-refractivity contribution in [3.8, 4) is 0 Å². The van der Waals surface area contributed by atoms with Crippen molar-refractivity contribution in [1.82, 2.24) is 5.32 Å². The van der Waals surface area contributed by atoms with Crippen LogP contribution in [0.3, 0.4) is 0 Å². The lowest BCUT2D eigenvalue weighted by atomic mass is 9.75. The zero-order valence-electron chi connectivity index (χ0n) is 11.4. The van der Waals surface area contributed by atoms with Crippen LogP contribution in [0.1, 0.15) is 20.3 Å². The molecule has 1 aliphatic heterocycles. The van der Waals surface area contributed by atoms with Gasteiger partial charge in [-0.05, 0) is 46.9 Å². The summed E-state index contributed by atoms with van der Waals surface area (Å²) >= 11 is 9.25. The van der Waals surface area contributed by atoms with Crippen molar-refractivity contribution in [3.63, 3.8) is 0 Å². The Labute approximate surface area is 131 Å². The van der Waals surface area contributed by atoms with Crippen LogP contribution >= 0.6 is 27.5 Å². The summed E-state index contributed by atoms with van der Waals surface area (Å²) in [7, 11) is 0. The molecule has 1 aromatic carbocycles. The molecule has 6 heteroatoms. The minimum absolute atomic E-state index is 0.0771. The highest BCUT2D eigenvalue weighted by atomic mass is 79.9. The van der Waals surface area contributed by atoms with Gasteiger partial charge in [0, 0.05) is 11.0 Å². The molecule has 3 nitrogen and oxygen atoms in total. The molecule has 0 spiro atoms. The van der Waals surface area contributed by atoms with E-state index in [1.807, 2.05) is 13.8 Å². The van der Waals surface area contributed by atoms with Gasteiger partial charge in [-0.1, -0.05) is 25.4 Å². The Kier molecular flexibility index (Phi) is 4.72. The summed E-state index contributed by atoms with van der Waals surface area (Å²) in [5.41, 5.74) is -0.0260. The van der Waals surface area contributed by atoms with Crippen molar-refractivity contribution in [3.05, 3.63) is 27.4 Å². The average Bonchev–Trinajstić information content (AvgIpc) is 2.83. The van der Waals surface area contributed by atoms with E-state index < -0.39 is 11.2 Å². The Morgan fingerprint density at radius 2 is 2.25 bits per heavy atom. The molecule has 1 unspecified atom stereocenters. The summed E-state index contributed by atoms with van der Waals surface area (Å²) in [4.78, 5) is 12.6. The number of anilines is 1. The van der Waals surface area contributed by atoms with Crippen molar-refractivity contribution < 1.29 is 9.18 Å². The van der Waals surface area contributed by atoms with E-state index in [-0.39, 0.29) is 16.8 Å². The zero-order chi connectivity index (χ0) is 14.9. The molecule has 2 N–H and O–H groups in total.